The Bertz CT molecular complexity index is 406. The van der Waals surface area contributed by atoms with Crippen LogP contribution in [0.25, 0.3) is 0 Å². The van der Waals surface area contributed by atoms with E-state index in [-0.39, 0.29) is 5.97 Å². The molecule has 0 aromatic heterocycles. The van der Waals surface area contributed by atoms with Crippen molar-refractivity contribution in [2.24, 2.45) is 11.8 Å². The monoisotopic (exact) mass is 320 g/mol. The number of hydrogen-bond donors (Lipinski definition) is 0. The highest BCUT2D eigenvalue weighted by molar-refractivity contribution is 5.83. The Balaban J connectivity index is 2.52. The van der Waals surface area contributed by atoms with Gasteiger partial charge in [-0.3, -0.25) is 0 Å². The van der Waals surface area contributed by atoms with E-state index in [1.54, 1.807) is 6.08 Å². The first-order valence-corrected chi connectivity index (χ1v) is 9.65. The van der Waals surface area contributed by atoms with Crippen molar-refractivity contribution in [2.45, 2.75) is 85.5 Å². The molecule has 0 bridgehead atoms. The molecule has 2 unspecified atom stereocenters. The Morgan fingerprint density at radius 3 is 2.65 bits per heavy atom. The van der Waals surface area contributed by atoms with Gasteiger partial charge in [0.05, 0.1) is 6.61 Å². The molecule has 0 spiro atoms. The lowest BCUT2D eigenvalue weighted by Gasteiger charge is -2.21. The minimum absolute atomic E-state index is 0.194. The van der Waals surface area contributed by atoms with Gasteiger partial charge in [0.1, 0.15) is 0 Å². The molecular weight excluding hydrogens is 284 g/mol. The van der Waals surface area contributed by atoms with Gasteiger partial charge in [-0.25, -0.2) is 4.79 Å². The molecule has 132 valence electrons. The highest BCUT2D eigenvalue weighted by Gasteiger charge is 2.14. The quantitative estimate of drug-likeness (QED) is 0.353. The van der Waals surface area contributed by atoms with Crippen LogP contribution >= 0.6 is 0 Å². The number of allylic oxidation sites excluding steroid dienone is 3. The standard InChI is InChI=1S/C21H36O2/c1-5-17(4)10-8-11-18(6-2)14-19-12-9-13-20(15-19)16-21(22)23-7-3/h15-18H,5-14H2,1-4H3. The van der Waals surface area contributed by atoms with Crippen LogP contribution in [0.5, 0.6) is 0 Å². The molecule has 0 amide bonds. The smallest absolute Gasteiger partial charge is 0.331 e. The van der Waals surface area contributed by atoms with Crippen molar-refractivity contribution in [1.82, 2.24) is 0 Å². The maximum Gasteiger partial charge on any atom is 0.331 e. The van der Waals surface area contributed by atoms with Gasteiger partial charge in [-0.1, -0.05) is 64.5 Å². The van der Waals surface area contributed by atoms with Crippen molar-refractivity contribution in [3.8, 4) is 0 Å². The summed E-state index contributed by atoms with van der Waals surface area (Å²) in [5.74, 6) is 1.47. The molecule has 1 rings (SSSR count). The lowest BCUT2D eigenvalue weighted by Crippen LogP contribution is -2.06. The van der Waals surface area contributed by atoms with Crippen LogP contribution in [0.2, 0.25) is 0 Å². The van der Waals surface area contributed by atoms with E-state index in [1.807, 2.05) is 6.92 Å². The van der Waals surface area contributed by atoms with Gasteiger partial charge in [-0.05, 0) is 50.0 Å². The fourth-order valence-electron chi connectivity index (χ4n) is 3.32. The zero-order valence-corrected chi connectivity index (χ0v) is 15.7. The Morgan fingerprint density at radius 1 is 1.22 bits per heavy atom. The summed E-state index contributed by atoms with van der Waals surface area (Å²) in [7, 11) is 0. The third-order valence-corrected chi connectivity index (χ3v) is 5.08. The summed E-state index contributed by atoms with van der Waals surface area (Å²) in [6, 6.07) is 0. The van der Waals surface area contributed by atoms with Crippen molar-refractivity contribution in [3.05, 3.63) is 23.3 Å². The van der Waals surface area contributed by atoms with Gasteiger partial charge in [-0.2, -0.15) is 0 Å². The second-order valence-electron chi connectivity index (χ2n) is 7.05. The summed E-state index contributed by atoms with van der Waals surface area (Å²) in [5.41, 5.74) is 2.68. The van der Waals surface area contributed by atoms with Gasteiger partial charge in [0.25, 0.3) is 0 Å². The van der Waals surface area contributed by atoms with Crippen molar-refractivity contribution >= 4 is 5.97 Å². The molecule has 2 nitrogen and oxygen atoms in total. The Kier molecular flexibility index (Phi) is 9.98. The molecule has 0 saturated carbocycles. The van der Waals surface area contributed by atoms with Gasteiger partial charge < -0.3 is 4.74 Å². The summed E-state index contributed by atoms with van der Waals surface area (Å²) >= 11 is 0. The van der Waals surface area contributed by atoms with E-state index in [4.69, 9.17) is 4.74 Å². The van der Waals surface area contributed by atoms with Crippen LogP contribution in [0.3, 0.4) is 0 Å². The molecule has 0 saturated heterocycles. The fraction of sp³-hybridized carbons (Fsp3) is 0.762. The summed E-state index contributed by atoms with van der Waals surface area (Å²) < 4.78 is 5.02. The molecule has 2 atom stereocenters. The van der Waals surface area contributed by atoms with E-state index in [0.717, 1.165) is 23.8 Å². The lowest BCUT2D eigenvalue weighted by atomic mass is 9.85. The topological polar surface area (TPSA) is 26.3 Å². The van der Waals surface area contributed by atoms with Crippen LogP contribution in [0, 0.1) is 11.8 Å². The number of rotatable bonds is 10. The summed E-state index contributed by atoms with van der Waals surface area (Å²) in [4.78, 5) is 11.6. The van der Waals surface area contributed by atoms with Crippen LogP contribution < -0.4 is 0 Å². The van der Waals surface area contributed by atoms with Crippen LogP contribution in [0.1, 0.15) is 85.5 Å². The van der Waals surface area contributed by atoms with E-state index in [0.29, 0.717) is 6.61 Å². The van der Waals surface area contributed by atoms with Gasteiger partial charge in [-0.15, -0.1) is 0 Å². The first-order valence-electron chi connectivity index (χ1n) is 9.65. The molecule has 0 N–H and O–H groups in total. The molecule has 2 heteroatoms. The number of esters is 1. The van der Waals surface area contributed by atoms with Crippen molar-refractivity contribution in [1.29, 1.82) is 0 Å². The Morgan fingerprint density at radius 2 is 2.00 bits per heavy atom. The van der Waals surface area contributed by atoms with Crippen molar-refractivity contribution < 1.29 is 9.53 Å². The van der Waals surface area contributed by atoms with Crippen LogP contribution in [0.15, 0.2) is 23.3 Å². The molecule has 23 heavy (non-hydrogen) atoms. The molecular formula is C21H36O2. The number of hydrogen-bond acceptors (Lipinski definition) is 2. The molecule has 0 heterocycles. The van der Waals surface area contributed by atoms with Gasteiger partial charge in [0.15, 0.2) is 0 Å². The zero-order chi connectivity index (χ0) is 17.1. The maximum atomic E-state index is 11.6. The normalized spacial score (nSPS) is 19.3. The van der Waals surface area contributed by atoms with E-state index in [1.165, 1.54) is 56.9 Å². The first kappa shape index (κ1) is 20.0. The average molecular weight is 321 g/mol. The van der Waals surface area contributed by atoms with E-state index in [9.17, 15) is 4.79 Å². The predicted octanol–water partition coefficient (Wildman–Crippen LogP) is 6.22. The van der Waals surface area contributed by atoms with E-state index in [2.05, 4.69) is 26.8 Å². The second kappa shape index (κ2) is 11.5. The highest BCUT2D eigenvalue weighted by Crippen LogP contribution is 2.30. The Hall–Kier alpha value is -1.05. The molecule has 0 fully saturated rings. The number of ether oxygens (including phenoxy) is 1. The number of carbonyl (C=O) groups is 1. The largest absolute Gasteiger partial charge is 0.463 e. The third-order valence-electron chi connectivity index (χ3n) is 5.08. The maximum absolute atomic E-state index is 11.6. The fourth-order valence-corrected chi connectivity index (χ4v) is 3.32. The average Bonchev–Trinajstić information content (AvgIpc) is 2.54. The van der Waals surface area contributed by atoms with E-state index < -0.39 is 0 Å². The van der Waals surface area contributed by atoms with Crippen LogP contribution in [0.4, 0.5) is 0 Å². The van der Waals surface area contributed by atoms with Crippen LogP contribution in [-0.4, -0.2) is 12.6 Å². The zero-order valence-electron chi connectivity index (χ0n) is 15.7. The predicted molar refractivity (Wildman–Crippen MR) is 98.4 cm³/mol. The first-order chi connectivity index (χ1) is 11.1. The van der Waals surface area contributed by atoms with Gasteiger partial charge in [0, 0.05) is 6.08 Å². The second-order valence-corrected chi connectivity index (χ2v) is 7.05. The lowest BCUT2D eigenvalue weighted by molar-refractivity contribution is -0.137. The van der Waals surface area contributed by atoms with Gasteiger partial charge >= 0.3 is 5.97 Å². The molecule has 0 radical (unpaired) electrons. The third kappa shape index (κ3) is 8.39. The summed E-state index contributed by atoms with van der Waals surface area (Å²) in [6.45, 7) is 9.26. The van der Waals surface area contributed by atoms with Gasteiger partial charge in [0.2, 0.25) is 0 Å². The van der Waals surface area contributed by atoms with Crippen molar-refractivity contribution in [3.63, 3.8) is 0 Å². The summed E-state index contributed by atoms with van der Waals surface area (Å²) in [6.07, 6.45) is 15.1. The molecule has 0 aromatic carbocycles. The van der Waals surface area contributed by atoms with E-state index >= 15 is 0 Å². The molecule has 1 aliphatic carbocycles. The minimum atomic E-state index is -0.194. The highest BCUT2D eigenvalue weighted by atomic mass is 16.5. The number of carbonyl (C=O) groups excluding carboxylic acids is 1. The molecule has 0 aromatic rings. The van der Waals surface area contributed by atoms with Crippen LogP contribution in [-0.2, 0) is 9.53 Å². The summed E-state index contributed by atoms with van der Waals surface area (Å²) in [5, 5.41) is 0. The molecule has 0 aliphatic heterocycles. The van der Waals surface area contributed by atoms with Crippen molar-refractivity contribution in [2.75, 3.05) is 6.61 Å². The minimum Gasteiger partial charge on any atom is -0.463 e. The molecule has 1 aliphatic rings. The SMILES string of the molecule is CCOC(=O)C=C1C=C(CC(CC)CCCC(C)CC)CCC1. The Labute approximate surface area is 143 Å².